The van der Waals surface area contributed by atoms with Crippen LogP contribution in [0.25, 0.3) is 0 Å². The van der Waals surface area contributed by atoms with Crippen LogP contribution < -0.4 is 10.5 Å². The minimum Gasteiger partial charge on any atom is -0.486 e. The maximum atomic E-state index is 7.31. The van der Waals surface area contributed by atoms with Crippen LogP contribution in [-0.4, -0.2) is 25.2 Å². The molecule has 1 aromatic rings. The lowest BCUT2D eigenvalue weighted by molar-refractivity contribution is 0.00747. The van der Waals surface area contributed by atoms with Gasteiger partial charge in [0.15, 0.2) is 0 Å². The Labute approximate surface area is 105 Å². The Balaban J connectivity index is 2.08. The highest BCUT2D eigenvalue weighted by atomic mass is 35.5. The fourth-order valence-corrected chi connectivity index (χ4v) is 1.97. The highest BCUT2D eigenvalue weighted by Gasteiger charge is 2.16. The van der Waals surface area contributed by atoms with E-state index in [4.69, 9.17) is 32.2 Å². The van der Waals surface area contributed by atoms with Crippen molar-refractivity contribution < 1.29 is 9.47 Å². The maximum Gasteiger partial charge on any atom is 0.138 e. The first-order valence-electron chi connectivity index (χ1n) is 5.55. The molecule has 0 aromatic heterocycles. The van der Waals surface area contributed by atoms with E-state index in [9.17, 15) is 0 Å². The summed E-state index contributed by atoms with van der Waals surface area (Å²) in [4.78, 5) is 0. The van der Waals surface area contributed by atoms with Crippen molar-refractivity contribution in [1.29, 1.82) is 5.41 Å². The highest BCUT2D eigenvalue weighted by molar-refractivity contribution is 6.32. The Kier molecular flexibility index (Phi) is 3.86. The fourth-order valence-electron chi connectivity index (χ4n) is 1.75. The fraction of sp³-hybridized carbons (Fsp3) is 0.417. The van der Waals surface area contributed by atoms with Crippen molar-refractivity contribution in [3.8, 4) is 5.75 Å². The Morgan fingerprint density at radius 2 is 2.35 bits per heavy atom. The summed E-state index contributed by atoms with van der Waals surface area (Å²) in [5, 5.41) is 7.79. The Bertz CT molecular complexity index is 417. The van der Waals surface area contributed by atoms with Gasteiger partial charge in [-0.05, 0) is 31.0 Å². The second-order valence-corrected chi connectivity index (χ2v) is 4.42. The van der Waals surface area contributed by atoms with Gasteiger partial charge in [0.1, 0.15) is 17.7 Å². The van der Waals surface area contributed by atoms with Crippen LogP contribution in [0.1, 0.15) is 18.4 Å². The number of hydrogen-bond donors (Lipinski definition) is 2. The average Bonchev–Trinajstić information content (AvgIpc) is 2.33. The molecule has 1 aliphatic rings. The van der Waals surface area contributed by atoms with Crippen molar-refractivity contribution in [3.05, 3.63) is 28.8 Å². The first-order chi connectivity index (χ1) is 8.16. The Morgan fingerprint density at radius 3 is 2.94 bits per heavy atom. The SMILES string of the molecule is N=C(N)c1ccc(OC2CCCOC2)c(Cl)c1. The van der Waals surface area contributed by atoms with Crippen LogP contribution in [0.4, 0.5) is 0 Å². The van der Waals surface area contributed by atoms with E-state index in [1.54, 1.807) is 18.2 Å². The highest BCUT2D eigenvalue weighted by Crippen LogP contribution is 2.27. The first kappa shape index (κ1) is 12.2. The number of ether oxygens (including phenoxy) is 2. The minimum absolute atomic E-state index is 0.000510. The quantitative estimate of drug-likeness (QED) is 0.642. The van der Waals surface area contributed by atoms with Gasteiger partial charge in [0.25, 0.3) is 0 Å². The molecule has 1 aromatic carbocycles. The lowest BCUT2D eigenvalue weighted by atomic mass is 10.1. The van der Waals surface area contributed by atoms with Crippen LogP contribution in [-0.2, 0) is 4.74 Å². The van der Waals surface area contributed by atoms with E-state index >= 15 is 0 Å². The monoisotopic (exact) mass is 254 g/mol. The third kappa shape index (κ3) is 3.11. The number of benzene rings is 1. The lowest BCUT2D eigenvalue weighted by Crippen LogP contribution is -2.28. The topological polar surface area (TPSA) is 68.3 Å². The molecule has 5 heteroatoms. The molecule has 0 saturated carbocycles. The zero-order valence-corrected chi connectivity index (χ0v) is 10.2. The van der Waals surface area contributed by atoms with Gasteiger partial charge in [-0.2, -0.15) is 0 Å². The number of nitrogen functional groups attached to an aromatic ring is 1. The largest absolute Gasteiger partial charge is 0.486 e. The van der Waals surface area contributed by atoms with Crippen molar-refractivity contribution in [2.75, 3.05) is 13.2 Å². The van der Waals surface area contributed by atoms with E-state index in [0.29, 0.717) is 22.9 Å². The molecule has 0 amide bonds. The third-order valence-electron chi connectivity index (χ3n) is 2.66. The van der Waals surface area contributed by atoms with Gasteiger partial charge in [-0.25, -0.2) is 0 Å². The van der Waals surface area contributed by atoms with E-state index in [-0.39, 0.29) is 11.9 Å². The summed E-state index contributed by atoms with van der Waals surface area (Å²) < 4.78 is 11.1. The van der Waals surface area contributed by atoms with Crippen LogP contribution in [0.2, 0.25) is 5.02 Å². The number of amidine groups is 1. The van der Waals surface area contributed by atoms with Gasteiger partial charge in [0, 0.05) is 12.2 Å². The van der Waals surface area contributed by atoms with Crippen molar-refractivity contribution in [3.63, 3.8) is 0 Å². The van der Waals surface area contributed by atoms with Crippen LogP contribution in [0, 0.1) is 5.41 Å². The number of nitrogens with two attached hydrogens (primary N) is 1. The predicted octanol–water partition coefficient (Wildman–Crippen LogP) is 2.18. The first-order valence-corrected chi connectivity index (χ1v) is 5.93. The van der Waals surface area contributed by atoms with E-state index in [0.717, 1.165) is 19.4 Å². The summed E-state index contributed by atoms with van der Waals surface area (Å²) in [6, 6.07) is 5.11. The summed E-state index contributed by atoms with van der Waals surface area (Å²) >= 11 is 6.07. The molecule has 92 valence electrons. The molecule has 1 fully saturated rings. The maximum absolute atomic E-state index is 7.31. The third-order valence-corrected chi connectivity index (χ3v) is 2.95. The van der Waals surface area contributed by atoms with Gasteiger partial charge in [-0.3, -0.25) is 5.41 Å². The van der Waals surface area contributed by atoms with Crippen LogP contribution in [0.15, 0.2) is 18.2 Å². The van der Waals surface area contributed by atoms with Crippen molar-refractivity contribution in [2.24, 2.45) is 5.73 Å². The molecule has 1 heterocycles. The summed E-state index contributed by atoms with van der Waals surface area (Å²) in [6.45, 7) is 1.40. The molecule has 4 nitrogen and oxygen atoms in total. The Hall–Kier alpha value is -1.26. The van der Waals surface area contributed by atoms with Crippen molar-refractivity contribution in [2.45, 2.75) is 18.9 Å². The van der Waals surface area contributed by atoms with Crippen LogP contribution in [0.5, 0.6) is 5.75 Å². The van der Waals surface area contributed by atoms with Crippen molar-refractivity contribution >= 4 is 17.4 Å². The zero-order valence-electron chi connectivity index (χ0n) is 9.41. The van der Waals surface area contributed by atoms with Crippen molar-refractivity contribution in [1.82, 2.24) is 0 Å². The molecule has 0 bridgehead atoms. The normalized spacial score (nSPS) is 19.9. The van der Waals surface area contributed by atoms with Gasteiger partial charge >= 0.3 is 0 Å². The lowest BCUT2D eigenvalue weighted by Gasteiger charge is -2.23. The molecule has 0 spiro atoms. The zero-order chi connectivity index (χ0) is 12.3. The molecular weight excluding hydrogens is 240 g/mol. The summed E-state index contributed by atoms with van der Waals surface area (Å²) in [5.41, 5.74) is 5.98. The Morgan fingerprint density at radius 1 is 1.53 bits per heavy atom. The average molecular weight is 255 g/mol. The molecule has 17 heavy (non-hydrogen) atoms. The molecule has 1 saturated heterocycles. The summed E-state index contributed by atoms with van der Waals surface area (Å²) in [6.07, 6.45) is 2.04. The second-order valence-electron chi connectivity index (χ2n) is 4.02. The molecule has 0 aliphatic carbocycles. The van der Waals surface area contributed by atoms with Crippen LogP contribution >= 0.6 is 11.6 Å². The van der Waals surface area contributed by atoms with Gasteiger partial charge in [-0.1, -0.05) is 11.6 Å². The molecule has 1 unspecified atom stereocenters. The van der Waals surface area contributed by atoms with Gasteiger partial charge in [0.2, 0.25) is 0 Å². The number of rotatable bonds is 3. The number of nitrogens with one attached hydrogen (secondary N) is 1. The van der Waals surface area contributed by atoms with Gasteiger partial charge < -0.3 is 15.2 Å². The molecule has 1 atom stereocenters. The van der Waals surface area contributed by atoms with Gasteiger partial charge in [0.05, 0.1) is 11.6 Å². The standard InChI is InChI=1S/C12H15ClN2O2/c13-10-6-8(12(14)15)3-4-11(10)17-9-2-1-5-16-7-9/h3-4,6,9H,1-2,5,7H2,(H3,14,15). The van der Waals surface area contributed by atoms with Gasteiger partial charge in [-0.15, -0.1) is 0 Å². The molecule has 3 N–H and O–H groups in total. The van der Waals surface area contributed by atoms with E-state index in [2.05, 4.69) is 0 Å². The second kappa shape index (κ2) is 5.38. The molecule has 2 rings (SSSR count). The molecule has 1 aliphatic heterocycles. The number of hydrogen-bond acceptors (Lipinski definition) is 3. The number of halogens is 1. The van der Waals surface area contributed by atoms with Crippen LogP contribution in [0.3, 0.4) is 0 Å². The summed E-state index contributed by atoms with van der Waals surface area (Å²) in [5.74, 6) is 0.617. The molecule has 0 radical (unpaired) electrons. The smallest absolute Gasteiger partial charge is 0.138 e. The van der Waals surface area contributed by atoms with E-state index in [1.165, 1.54) is 0 Å². The molecular formula is C12H15ClN2O2. The summed E-state index contributed by atoms with van der Waals surface area (Å²) in [7, 11) is 0. The van der Waals surface area contributed by atoms with E-state index < -0.39 is 0 Å². The van der Waals surface area contributed by atoms with E-state index in [1.807, 2.05) is 0 Å². The predicted molar refractivity (Wildman–Crippen MR) is 66.9 cm³/mol. The minimum atomic E-state index is -0.000510.